The van der Waals surface area contributed by atoms with Crippen LogP contribution in [-0.4, -0.2) is 79.0 Å². The summed E-state index contributed by atoms with van der Waals surface area (Å²) in [6, 6.07) is 6.66. The third-order valence-electron chi connectivity index (χ3n) is 9.59. The number of hydrogen-bond donors (Lipinski definition) is 3. The van der Waals surface area contributed by atoms with Crippen LogP contribution in [0.1, 0.15) is 76.7 Å². The number of carbonyl (C=O) groups excluding carboxylic acids is 3. The molecule has 4 fully saturated rings. The first-order valence-corrected chi connectivity index (χ1v) is 19.4. The molecule has 46 heavy (non-hydrogen) atoms. The van der Waals surface area contributed by atoms with Gasteiger partial charge in [-0.2, -0.15) is 0 Å². The molecule has 13 nitrogen and oxygen atoms in total. The minimum absolute atomic E-state index is 0.156. The van der Waals surface area contributed by atoms with Crippen LogP contribution in [0.2, 0.25) is 0 Å². The standard InChI is InChI=1S/C31H43IN5O8S/c1-30(11-12-30)46(41,42)36-28(39)31-17-21(31)8-6-4-5-7-13-37(2)19-44-32-24-16-22(15-23(24)27(38)35-31)45-29(40)34-25-14-20(18-33)9-10-26(25)43-3/h9-10,14,21-24H,4-8,11-13,15-17,19H2,1-3H3,(H,34,40)(H,35,38)(H,36,39)/q-1/t21-,22-,23-,24-,31-/m1/s1. The first-order valence-electron chi connectivity index (χ1n) is 15.8. The van der Waals surface area contributed by atoms with Crippen molar-refractivity contribution in [2.75, 3.05) is 32.7 Å². The van der Waals surface area contributed by atoms with Gasteiger partial charge in [0.2, 0.25) is 0 Å². The van der Waals surface area contributed by atoms with Crippen molar-refractivity contribution in [1.82, 2.24) is 14.9 Å². The molecule has 1 saturated heterocycles. The van der Waals surface area contributed by atoms with E-state index in [0.717, 1.165) is 32.2 Å². The van der Waals surface area contributed by atoms with Crippen LogP contribution in [0.3, 0.4) is 0 Å². The van der Waals surface area contributed by atoms with Crippen LogP contribution in [0.4, 0.5) is 10.5 Å². The Morgan fingerprint density at radius 3 is 2.67 bits per heavy atom. The van der Waals surface area contributed by atoms with E-state index >= 15 is 0 Å². The number of carbonyl (C=O) groups is 3. The Balaban J connectivity index is 1.31. The number of nitrogens with one attached hydrogen (secondary N) is 3. The molecule has 0 unspecified atom stereocenters. The van der Waals surface area contributed by atoms with Crippen LogP contribution in [0, 0.1) is 23.2 Å². The molecule has 3 N–H and O–H groups in total. The monoisotopic (exact) mass is 772 g/mol. The van der Waals surface area contributed by atoms with Crippen LogP contribution in [0.25, 0.3) is 0 Å². The number of fused-ring (bicyclic) bond motifs is 2. The van der Waals surface area contributed by atoms with E-state index in [9.17, 15) is 28.1 Å². The Bertz CT molecular complexity index is 1480. The normalized spacial score (nSPS) is 30.2. The quantitative estimate of drug-likeness (QED) is 0.264. The molecule has 254 valence electrons. The molecule has 4 aliphatic rings. The van der Waals surface area contributed by atoms with Crippen LogP contribution in [0.15, 0.2) is 18.2 Å². The Morgan fingerprint density at radius 1 is 1.20 bits per heavy atom. The predicted molar refractivity (Wildman–Crippen MR) is 163 cm³/mol. The molecule has 1 heterocycles. The van der Waals surface area contributed by atoms with E-state index in [-0.39, 0.29) is 27.9 Å². The predicted octanol–water partition coefficient (Wildman–Crippen LogP) is 0.00998. The van der Waals surface area contributed by atoms with E-state index in [0.29, 0.717) is 50.1 Å². The minimum atomic E-state index is -3.88. The number of halogens is 1. The summed E-state index contributed by atoms with van der Waals surface area (Å²) in [5.74, 6) is -1.38. The third kappa shape index (κ3) is 7.88. The molecule has 0 radical (unpaired) electrons. The number of ether oxygens (including phenoxy) is 2. The molecule has 0 aromatic heterocycles. The van der Waals surface area contributed by atoms with Crippen molar-refractivity contribution >= 4 is 33.6 Å². The molecule has 0 spiro atoms. The topological polar surface area (TPSA) is 176 Å². The molecule has 3 amide bonds. The number of rotatable bonds is 6. The molecular weight excluding hydrogens is 729 g/mol. The molecule has 3 aliphatic carbocycles. The van der Waals surface area contributed by atoms with Crippen molar-refractivity contribution in [3.63, 3.8) is 0 Å². The van der Waals surface area contributed by atoms with E-state index in [4.69, 9.17) is 12.5 Å². The van der Waals surface area contributed by atoms with Gasteiger partial charge >= 0.3 is 282 Å². The number of alkyl halides is 1. The van der Waals surface area contributed by atoms with Gasteiger partial charge in [0.05, 0.1) is 0 Å². The van der Waals surface area contributed by atoms with Gasteiger partial charge in [-0.1, -0.05) is 0 Å². The molecule has 3 saturated carbocycles. The maximum absolute atomic E-state index is 14.0. The van der Waals surface area contributed by atoms with Crippen LogP contribution in [-0.2, 0) is 27.4 Å². The first kappa shape index (κ1) is 34.6. The number of nitrogens with zero attached hydrogens (tertiary/aromatic N) is 2. The SMILES string of the molecule is COc1ccc(C#N)cc1NC(=O)O[C@H]1C[C@H]2[I-]OCN(C)CCCCCC[C@@H]3C[C@@]3(C(=O)NS(=O)(=O)C3(C)CC3)NC(=O)[C@@H]2C1. The summed E-state index contributed by atoms with van der Waals surface area (Å²) in [5, 5.41) is 14.9. The first-order chi connectivity index (χ1) is 21.9. The van der Waals surface area contributed by atoms with Gasteiger partial charge in [-0.05, 0) is 0 Å². The van der Waals surface area contributed by atoms with Gasteiger partial charge in [0.25, 0.3) is 0 Å². The molecule has 1 aromatic carbocycles. The summed E-state index contributed by atoms with van der Waals surface area (Å²) in [6.45, 7) is 2.94. The molecule has 5 rings (SSSR count). The van der Waals surface area contributed by atoms with E-state index in [1.165, 1.54) is 13.2 Å². The Kier molecular flexibility index (Phi) is 10.7. The second-order valence-electron chi connectivity index (χ2n) is 13.1. The van der Waals surface area contributed by atoms with Crippen molar-refractivity contribution in [2.24, 2.45) is 11.8 Å². The summed E-state index contributed by atoms with van der Waals surface area (Å²) in [6.07, 6.45) is 5.30. The second kappa shape index (κ2) is 14.2. The molecule has 1 aliphatic heterocycles. The molecule has 0 bridgehead atoms. The van der Waals surface area contributed by atoms with Gasteiger partial charge in [-0.3, -0.25) is 0 Å². The summed E-state index contributed by atoms with van der Waals surface area (Å²) in [7, 11) is -0.419. The average Bonchev–Trinajstić information content (AvgIpc) is 3.89. The van der Waals surface area contributed by atoms with Gasteiger partial charge in [0.1, 0.15) is 0 Å². The zero-order valence-electron chi connectivity index (χ0n) is 26.5. The van der Waals surface area contributed by atoms with Crippen LogP contribution in [0.5, 0.6) is 5.75 Å². The fraction of sp³-hybridized carbons (Fsp3) is 0.677. The van der Waals surface area contributed by atoms with Gasteiger partial charge in [-0.15, -0.1) is 0 Å². The zero-order valence-corrected chi connectivity index (χ0v) is 29.4. The summed E-state index contributed by atoms with van der Waals surface area (Å²) < 4.78 is 44.3. The fourth-order valence-corrected chi connectivity index (χ4v) is 10.4. The fourth-order valence-electron chi connectivity index (χ4n) is 6.22. The molecule has 1 aromatic rings. The molecule has 15 heteroatoms. The van der Waals surface area contributed by atoms with Crippen LogP contribution < -0.4 is 41.7 Å². The van der Waals surface area contributed by atoms with Crippen molar-refractivity contribution in [1.29, 1.82) is 5.26 Å². The number of hydrogen-bond acceptors (Lipinski definition) is 10. The van der Waals surface area contributed by atoms with E-state index in [1.54, 1.807) is 19.1 Å². The van der Waals surface area contributed by atoms with E-state index < -0.39 is 66.0 Å². The summed E-state index contributed by atoms with van der Waals surface area (Å²) in [4.78, 5) is 42.6. The number of nitriles is 1. The van der Waals surface area contributed by atoms with Gasteiger partial charge in [0.15, 0.2) is 0 Å². The number of benzene rings is 1. The zero-order chi connectivity index (χ0) is 33.1. The third-order valence-corrected chi connectivity index (χ3v) is 14.4. The number of sulfonamides is 1. The Labute approximate surface area is 281 Å². The maximum atomic E-state index is 14.0. The number of methoxy groups -OCH3 is 1. The number of anilines is 1. The molecule has 5 atom stereocenters. The van der Waals surface area contributed by atoms with Crippen molar-refractivity contribution < 1.29 is 57.0 Å². The van der Waals surface area contributed by atoms with E-state index in [1.807, 2.05) is 13.1 Å². The van der Waals surface area contributed by atoms with Gasteiger partial charge < -0.3 is 0 Å². The van der Waals surface area contributed by atoms with Gasteiger partial charge in [0, 0.05) is 0 Å². The Morgan fingerprint density at radius 2 is 1.96 bits per heavy atom. The average molecular weight is 773 g/mol. The summed E-state index contributed by atoms with van der Waals surface area (Å²) >= 11 is -0.955. The second-order valence-corrected chi connectivity index (χ2v) is 18.1. The van der Waals surface area contributed by atoms with Crippen molar-refractivity contribution in [3.8, 4) is 11.8 Å². The van der Waals surface area contributed by atoms with E-state index in [2.05, 4.69) is 20.3 Å². The molecular formula is C31H43IN5O8S-. The summed E-state index contributed by atoms with van der Waals surface area (Å²) in [5.41, 5.74) is -0.657. The Hall–Kier alpha value is -2.68. The number of amides is 3. The van der Waals surface area contributed by atoms with Crippen molar-refractivity contribution in [2.45, 2.75) is 91.4 Å². The van der Waals surface area contributed by atoms with Crippen molar-refractivity contribution in [3.05, 3.63) is 23.8 Å². The van der Waals surface area contributed by atoms with Gasteiger partial charge in [-0.25, -0.2) is 0 Å². The van der Waals surface area contributed by atoms with Crippen LogP contribution >= 0.6 is 0 Å².